The van der Waals surface area contributed by atoms with Crippen LogP contribution >= 0.6 is 0 Å². The highest BCUT2D eigenvalue weighted by atomic mass is 19.1. The van der Waals surface area contributed by atoms with E-state index in [0.29, 0.717) is 25.1 Å². The van der Waals surface area contributed by atoms with Crippen LogP contribution in [0, 0.1) is 5.41 Å². The molecule has 2 saturated heterocycles. The van der Waals surface area contributed by atoms with Gasteiger partial charge in [-0.25, -0.2) is 4.39 Å². The molecule has 3 rings (SSSR count). The Morgan fingerprint density at radius 1 is 1.18 bits per heavy atom. The molecule has 0 aliphatic carbocycles. The highest BCUT2D eigenvalue weighted by Crippen LogP contribution is 2.40. The van der Waals surface area contributed by atoms with Gasteiger partial charge in [-0.05, 0) is 57.3 Å². The van der Waals surface area contributed by atoms with E-state index >= 15 is 0 Å². The van der Waals surface area contributed by atoms with Crippen molar-refractivity contribution in [1.29, 1.82) is 0 Å². The molecule has 0 bridgehead atoms. The topological polar surface area (TPSA) is 43.9 Å². The number of hydrogen-bond donors (Lipinski definition) is 0. The normalized spacial score (nSPS) is 20.6. The van der Waals surface area contributed by atoms with Crippen molar-refractivity contribution in [1.82, 2.24) is 14.7 Å². The zero-order chi connectivity index (χ0) is 20.1. The Bertz CT molecular complexity index is 672. The number of nitrogens with zero attached hydrogens (tertiary/aromatic N) is 3. The van der Waals surface area contributed by atoms with Crippen LogP contribution in [-0.4, -0.2) is 73.3 Å². The lowest BCUT2D eigenvalue weighted by molar-refractivity contribution is -0.145. The molecule has 0 aromatic heterocycles. The van der Waals surface area contributed by atoms with E-state index in [1.807, 2.05) is 25.1 Å². The molecule has 0 unspecified atom stereocenters. The number of carbonyl (C=O) groups excluding carboxylic acids is 2. The lowest BCUT2D eigenvalue weighted by Gasteiger charge is -2.47. The lowest BCUT2D eigenvalue weighted by Crippen LogP contribution is -2.53. The lowest BCUT2D eigenvalue weighted by atomic mass is 9.72. The molecule has 2 heterocycles. The van der Waals surface area contributed by atoms with Gasteiger partial charge in [0, 0.05) is 32.6 Å². The van der Waals surface area contributed by atoms with Crippen molar-refractivity contribution in [2.75, 3.05) is 46.8 Å². The minimum absolute atomic E-state index is 0.0847. The predicted molar refractivity (Wildman–Crippen MR) is 108 cm³/mol. The first-order valence-electron chi connectivity index (χ1n) is 10.3. The summed E-state index contributed by atoms with van der Waals surface area (Å²) in [5.41, 5.74) is 0.504. The first-order valence-corrected chi connectivity index (χ1v) is 10.3. The monoisotopic (exact) mass is 389 g/mol. The Kier molecular flexibility index (Phi) is 6.70. The summed E-state index contributed by atoms with van der Waals surface area (Å²) < 4.78 is 14.6. The van der Waals surface area contributed by atoms with E-state index < -0.39 is 12.1 Å². The molecule has 6 heteroatoms. The Hall–Kier alpha value is -1.95. The molecule has 2 fully saturated rings. The quantitative estimate of drug-likeness (QED) is 0.751. The summed E-state index contributed by atoms with van der Waals surface area (Å²) in [7, 11) is 4.08. The number of hydrogen-bond acceptors (Lipinski definition) is 3. The predicted octanol–water partition coefficient (Wildman–Crippen LogP) is 2.88. The van der Waals surface area contributed by atoms with Gasteiger partial charge >= 0.3 is 0 Å². The van der Waals surface area contributed by atoms with Crippen LogP contribution in [0.25, 0.3) is 0 Å². The third-order valence-corrected chi connectivity index (χ3v) is 6.23. The molecule has 154 valence electrons. The third kappa shape index (κ3) is 4.90. The molecule has 2 aliphatic heterocycles. The average Bonchev–Trinajstić information content (AvgIpc) is 2.71. The number of rotatable bonds is 6. The number of alkyl halides is 1. The summed E-state index contributed by atoms with van der Waals surface area (Å²) >= 11 is 0. The van der Waals surface area contributed by atoms with Crippen molar-refractivity contribution in [2.45, 2.75) is 38.3 Å². The Balaban J connectivity index is 1.54. The van der Waals surface area contributed by atoms with Crippen LogP contribution in [0.2, 0.25) is 0 Å². The van der Waals surface area contributed by atoms with Crippen LogP contribution in [0.4, 0.5) is 4.39 Å². The van der Waals surface area contributed by atoms with Crippen LogP contribution in [-0.2, 0) is 9.59 Å². The van der Waals surface area contributed by atoms with Crippen LogP contribution in [0.15, 0.2) is 30.3 Å². The summed E-state index contributed by atoms with van der Waals surface area (Å²) in [4.78, 5) is 30.7. The van der Waals surface area contributed by atoms with E-state index in [1.165, 1.54) is 0 Å². The molecule has 1 aromatic carbocycles. The number of benzene rings is 1. The van der Waals surface area contributed by atoms with Crippen LogP contribution in [0.5, 0.6) is 0 Å². The van der Waals surface area contributed by atoms with Crippen molar-refractivity contribution in [2.24, 2.45) is 5.41 Å². The van der Waals surface area contributed by atoms with E-state index in [4.69, 9.17) is 0 Å². The van der Waals surface area contributed by atoms with E-state index in [-0.39, 0.29) is 11.3 Å². The average molecular weight is 390 g/mol. The summed E-state index contributed by atoms with van der Waals surface area (Å²) in [6, 6.07) is 8.65. The molecule has 2 aliphatic rings. The second-order valence-electron chi connectivity index (χ2n) is 8.57. The van der Waals surface area contributed by atoms with Gasteiger partial charge in [0.1, 0.15) is 0 Å². The molecule has 1 aromatic rings. The van der Waals surface area contributed by atoms with Gasteiger partial charge in [0.15, 0.2) is 0 Å². The fourth-order valence-electron chi connectivity index (χ4n) is 4.42. The molecular weight excluding hydrogens is 357 g/mol. The standard InChI is InChI=1S/C22H32FN3O2/c1-24(2)13-6-14-26-17-22(10-9-19(26)27)11-15-25(16-12-22)21(28)20(23)18-7-4-3-5-8-18/h3-5,7-8,20H,6,9-17H2,1-2H3/t20-/m1/s1. The van der Waals surface area contributed by atoms with Gasteiger partial charge in [-0.1, -0.05) is 30.3 Å². The number of piperidine rings is 2. The summed E-state index contributed by atoms with van der Waals surface area (Å²) in [5, 5.41) is 0. The first-order chi connectivity index (χ1) is 13.4. The zero-order valence-electron chi connectivity index (χ0n) is 17.1. The zero-order valence-corrected chi connectivity index (χ0v) is 17.1. The Labute approximate surface area is 167 Å². The summed E-state index contributed by atoms with van der Waals surface area (Å²) in [6.07, 6.45) is 2.54. The van der Waals surface area contributed by atoms with Gasteiger partial charge in [0.05, 0.1) is 0 Å². The molecule has 0 saturated carbocycles. The van der Waals surface area contributed by atoms with Gasteiger partial charge in [-0.3, -0.25) is 9.59 Å². The molecule has 1 spiro atoms. The largest absolute Gasteiger partial charge is 0.342 e. The molecule has 1 atom stereocenters. The smallest absolute Gasteiger partial charge is 0.261 e. The Morgan fingerprint density at radius 3 is 2.50 bits per heavy atom. The molecule has 0 radical (unpaired) electrons. The highest BCUT2D eigenvalue weighted by molar-refractivity contribution is 5.82. The second kappa shape index (κ2) is 9.03. The first kappa shape index (κ1) is 20.8. The van der Waals surface area contributed by atoms with Crippen molar-refractivity contribution in [3.05, 3.63) is 35.9 Å². The van der Waals surface area contributed by atoms with Crippen LogP contribution in [0.1, 0.15) is 43.8 Å². The fraction of sp³-hybridized carbons (Fsp3) is 0.636. The maximum absolute atomic E-state index is 14.6. The van der Waals surface area contributed by atoms with Crippen LogP contribution < -0.4 is 0 Å². The number of carbonyl (C=O) groups is 2. The minimum Gasteiger partial charge on any atom is -0.342 e. The number of likely N-dealkylation sites (tertiary alicyclic amines) is 2. The Morgan fingerprint density at radius 2 is 1.86 bits per heavy atom. The molecule has 5 nitrogen and oxygen atoms in total. The van der Waals surface area contributed by atoms with Crippen molar-refractivity contribution in [3.63, 3.8) is 0 Å². The van der Waals surface area contributed by atoms with Gasteiger partial charge in [-0.2, -0.15) is 0 Å². The molecule has 2 amide bonds. The number of halogens is 1. The SMILES string of the molecule is CN(C)CCCN1CC2(CCC1=O)CCN(C(=O)[C@H](F)c1ccccc1)CC2. The van der Waals surface area contributed by atoms with E-state index in [2.05, 4.69) is 4.90 Å². The molecular formula is C22H32FN3O2. The molecule has 28 heavy (non-hydrogen) atoms. The number of amides is 2. The summed E-state index contributed by atoms with van der Waals surface area (Å²) in [6.45, 7) is 3.69. The van der Waals surface area contributed by atoms with Crippen molar-refractivity contribution >= 4 is 11.8 Å². The van der Waals surface area contributed by atoms with Crippen molar-refractivity contribution in [3.8, 4) is 0 Å². The third-order valence-electron chi connectivity index (χ3n) is 6.23. The maximum Gasteiger partial charge on any atom is 0.261 e. The fourth-order valence-corrected chi connectivity index (χ4v) is 4.42. The van der Waals surface area contributed by atoms with Gasteiger partial charge in [0.2, 0.25) is 12.1 Å². The van der Waals surface area contributed by atoms with Gasteiger partial charge in [0.25, 0.3) is 5.91 Å². The molecule has 0 N–H and O–H groups in total. The maximum atomic E-state index is 14.6. The highest BCUT2D eigenvalue weighted by Gasteiger charge is 2.42. The van der Waals surface area contributed by atoms with E-state index in [1.54, 1.807) is 29.2 Å². The van der Waals surface area contributed by atoms with Gasteiger partial charge < -0.3 is 14.7 Å². The van der Waals surface area contributed by atoms with Crippen molar-refractivity contribution < 1.29 is 14.0 Å². The minimum atomic E-state index is -1.59. The van der Waals surface area contributed by atoms with E-state index in [0.717, 1.165) is 45.3 Å². The van der Waals surface area contributed by atoms with Gasteiger partial charge in [-0.15, -0.1) is 0 Å². The van der Waals surface area contributed by atoms with E-state index in [9.17, 15) is 14.0 Å². The summed E-state index contributed by atoms with van der Waals surface area (Å²) in [5.74, 6) is -0.188. The second-order valence-corrected chi connectivity index (χ2v) is 8.57. The van der Waals surface area contributed by atoms with Crippen LogP contribution in [0.3, 0.4) is 0 Å².